The third-order valence-corrected chi connectivity index (χ3v) is 4.19. The predicted molar refractivity (Wildman–Crippen MR) is 85.6 cm³/mol. The van der Waals surface area contributed by atoms with E-state index in [4.69, 9.17) is 4.42 Å². The van der Waals surface area contributed by atoms with E-state index >= 15 is 0 Å². The molecule has 1 fully saturated rings. The molecule has 0 spiro atoms. The van der Waals surface area contributed by atoms with Gasteiger partial charge < -0.3 is 14.6 Å². The lowest BCUT2D eigenvalue weighted by atomic mass is 10.1. The molecule has 114 valence electrons. The van der Waals surface area contributed by atoms with Crippen molar-refractivity contribution >= 4 is 29.3 Å². The van der Waals surface area contributed by atoms with Gasteiger partial charge in [-0.1, -0.05) is 18.2 Å². The summed E-state index contributed by atoms with van der Waals surface area (Å²) < 4.78 is 5.85. The van der Waals surface area contributed by atoms with Crippen molar-refractivity contribution in [3.63, 3.8) is 0 Å². The Morgan fingerprint density at radius 2 is 2.19 bits per heavy atom. The minimum Gasteiger partial charge on any atom is -0.459 e. The van der Waals surface area contributed by atoms with Gasteiger partial charge in [-0.2, -0.15) is 0 Å². The maximum atomic E-state index is 12.4. The highest BCUT2D eigenvalue weighted by Gasteiger charge is 2.29. The number of hydrogen-bond acceptors (Lipinski definition) is 3. The van der Waals surface area contributed by atoms with Crippen LogP contribution in [0.1, 0.15) is 25.1 Å². The van der Waals surface area contributed by atoms with Gasteiger partial charge in [0.15, 0.2) is 0 Å². The zero-order chi connectivity index (χ0) is 14.1. The molecule has 2 aromatic rings. The van der Waals surface area contributed by atoms with Crippen molar-refractivity contribution in [1.29, 1.82) is 0 Å². The summed E-state index contributed by atoms with van der Waals surface area (Å²) in [5.74, 6) is 1.14. The highest BCUT2D eigenvalue weighted by Crippen LogP contribution is 2.28. The van der Waals surface area contributed by atoms with E-state index in [0.29, 0.717) is 0 Å². The molecule has 4 nitrogen and oxygen atoms in total. The molecule has 21 heavy (non-hydrogen) atoms. The smallest absolute Gasteiger partial charge is 0.227 e. The van der Waals surface area contributed by atoms with E-state index in [1.807, 2.05) is 44.3 Å². The normalized spacial score (nSPS) is 19.2. The van der Waals surface area contributed by atoms with Crippen LogP contribution in [0.3, 0.4) is 0 Å². The van der Waals surface area contributed by atoms with Crippen LogP contribution in [0.25, 0.3) is 11.0 Å². The van der Waals surface area contributed by atoms with Crippen molar-refractivity contribution in [2.45, 2.75) is 19.4 Å². The van der Waals surface area contributed by atoms with E-state index in [2.05, 4.69) is 5.32 Å². The van der Waals surface area contributed by atoms with E-state index < -0.39 is 0 Å². The Balaban J connectivity index is 0.00000161. The van der Waals surface area contributed by atoms with Crippen molar-refractivity contribution in [3.8, 4) is 0 Å². The molecule has 0 bridgehead atoms. The molecule has 1 N–H and O–H groups in total. The van der Waals surface area contributed by atoms with E-state index in [1.165, 1.54) is 0 Å². The number of carbonyl (C=O) groups excluding carboxylic acids is 1. The SMILES string of the molecule is CC(c1cc2ccccc2o1)N(C)C(=O)C1CCNC1.Cl. The van der Waals surface area contributed by atoms with Crippen LogP contribution in [-0.4, -0.2) is 30.9 Å². The number of hydrogen-bond donors (Lipinski definition) is 1. The topological polar surface area (TPSA) is 45.5 Å². The third-order valence-electron chi connectivity index (χ3n) is 4.19. The molecule has 1 amide bonds. The Labute approximate surface area is 130 Å². The Hall–Kier alpha value is -1.52. The maximum Gasteiger partial charge on any atom is 0.227 e. The Kier molecular flexibility index (Phi) is 4.91. The molecule has 5 heteroatoms. The van der Waals surface area contributed by atoms with Gasteiger partial charge in [0.05, 0.1) is 12.0 Å². The lowest BCUT2D eigenvalue weighted by Gasteiger charge is -2.25. The van der Waals surface area contributed by atoms with Gasteiger partial charge in [0, 0.05) is 19.0 Å². The molecule has 0 aliphatic carbocycles. The largest absolute Gasteiger partial charge is 0.459 e. The first-order valence-electron chi connectivity index (χ1n) is 7.12. The average molecular weight is 309 g/mol. The highest BCUT2D eigenvalue weighted by atomic mass is 35.5. The molecule has 3 rings (SSSR count). The Bertz CT molecular complexity index is 587. The van der Waals surface area contributed by atoms with Crippen molar-refractivity contribution in [1.82, 2.24) is 10.2 Å². The summed E-state index contributed by atoms with van der Waals surface area (Å²) >= 11 is 0. The second kappa shape index (κ2) is 6.50. The van der Waals surface area contributed by atoms with Crippen LogP contribution in [0.5, 0.6) is 0 Å². The van der Waals surface area contributed by atoms with E-state index in [0.717, 1.165) is 36.2 Å². The number of para-hydroxylation sites is 1. The molecular formula is C16H21ClN2O2. The van der Waals surface area contributed by atoms with Gasteiger partial charge in [0.1, 0.15) is 11.3 Å². The van der Waals surface area contributed by atoms with Gasteiger partial charge in [0.25, 0.3) is 0 Å². The van der Waals surface area contributed by atoms with E-state index in [1.54, 1.807) is 4.90 Å². The summed E-state index contributed by atoms with van der Waals surface area (Å²) in [5.41, 5.74) is 0.873. The van der Waals surface area contributed by atoms with Crippen molar-refractivity contribution in [2.24, 2.45) is 5.92 Å². The monoisotopic (exact) mass is 308 g/mol. The molecule has 1 aliphatic heterocycles. The molecule has 2 heterocycles. The zero-order valence-corrected chi connectivity index (χ0v) is 13.2. The van der Waals surface area contributed by atoms with Crippen molar-refractivity contribution in [3.05, 3.63) is 36.1 Å². The third kappa shape index (κ3) is 3.06. The fraction of sp³-hybridized carbons (Fsp3) is 0.438. The molecule has 1 aromatic heterocycles. The summed E-state index contributed by atoms with van der Waals surface area (Å²) in [4.78, 5) is 14.2. The minimum atomic E-state index is -0.0458. The van der Waals surface area contributed by atoms with Crippen LogP contribution < -0.4 is 5.32 Å². The van der Waals surface area contributed by atoms with Crippen molar-refractivity contribution < 1.29 is 9.21 Å². The van der Waals surface area contributed by atoms with Crippen LogP contribution in [0.2, 0.25) is 0 Å². The van der Waals surface area contributed by atoms with E-state index in [9.17, 15) is 4.79 Å². The number of amides is 1. The zero-order valence-electron chi connectivity index (χ0n) is 12.3. The number of fused-ring (bicyclic) bond motifs is 1. The second-order valence-corrected chi connectivity index (χ2v) is 5.50. The van der Waals surface area contributed by atoms with Crippen LogP contribution in [-0.2, 0) is 4.79 Å². The van der Waals surface area contributed by atoms with Crippen LogP contribution in [0, 0.1) is 5.92 Å². The van der Waals surface area contributed by atoms with Gasteiger partial charge in [0.2, 0.25) is 5.91 Å². The summed E-state index contributed by atoms with van der Waals surface area (Å²) in [6, 6.07) is 9.91. The molecule has 1 aromatic carbocycles. The molecule has 1 aliphatic rings. The number of nitrogens with one attached hydrogen (secondary N) is 1. The average Bonchev–Trinajstić information content (AvgIpc) is 3.13. The molecule has 0 radical (unpaired) electrons. The highest BCUT2D eigenvalue weighted by molar-refractivity contribution is 5.85. The fourth-order valence-electron chi connectivity index (χ4n) is 2.74. The quantitative estimate of drug-likeness (QED) is 0.948. The molecule has 2 atom stereocenters. The predicted octanol–water partition coefficient (Wildman–Crippen LogP) is 2.98. The maximum absolute atomic E-state index is 12.4. The number of rotatable bonds is 3. The molecule has 0 saturated carbocycles. The number of carbonyl (C=O) groups is 1. The van der Waals surface area contributed by atoms with Gasteiger partial charge in [-0.15, -0.1) is 12.4 Å². The summed E-state index contributed by atoms with van der Waals surface area (Å²) in [5, 5.41) is 4.32. The van der Waals surface area contributed by atoms with Gasteiger partial charge in [-0.3, -0.25) is 4.79 Å². The summed E-state index contributed by atoms with van der Waals surface area (Å²) in [6.45, 7) is 3.73. The molecule has 1 saturated heterocycles. The lowest BCUT2D eigenvalue weighted by molar-refractivity contribution is -0.135. The number of halogens is 1. The minimum absolute atomic E-state index is 0. The Morgan fingerprint density at radius 1 is 1.43 bits per heavy atom. The van der Waals surface area contributed by atoms with Gasteiger partial charge >= 0.3 is 0 Å². The van der Waals surface area contributed by atoms with Crippen LogP contribution in [0.15, 0.2) is 34.7 Å². The first-order valence-corrected chi connectivity index (χ1v) is 7.12. The summed E-state index contributed by atoms with van der Waals surface area (Å²) in [6.07, 6.45) is 0.927. The molecule has 2 unspecified atom stereocenters. The first-order chi connectivity index (χ1) is 9.66. The van der Waals surface area contributed by atoms with Gasteiger partial charge in [-0.25, -0.2) is 0 Å². The van der Waals surface area contributed by atoms with Crippen LogP contribution in [0.4, 0.5) is 0 Å². The first kappa shape index (κ1) is 15.9. The number of benzene rings is 1. The van der Waals surface area contributed by atoms with Gasteiger partial charge in [-0.05, 0) is 32.0 Å². The number of nitrogens with zero attached hydrogens (tertiary/aromatic N) is 1. The van der Waals surface area contributed by atoms with Crippen LogP contribution >= 0.6 is 12.4 Å². The summed E-state index contributed by atoms with van der Waals surface area (Å²) in [7, 11) is 1.86. The number of furan rings is 1. The van der Waals surface area contributed by atoms with Crippen molar-refractivity contribution in [2.75, 3.05) is 20.1 Å². The lowest BCUT2D eigenvalue weighted by Crippen LogP contribution is -2.35. The Morgan fingerprint density at radius 3 is 2.86 bits per heavy atom. The molecular weight excluding hydrogens is 288 g/mol. The standard InChI is InChI=1S/C16H20N2O2.ClH/c1-11(18(2)16(19)13-7-8-17-10-13)15-9-12-5-3-4-6-14(12)20-15;/h3-6,9,11,13,17H,7-8,10H2,1-2H3;1H. The van der Waals surface area contributed by atoms with E-state index in [-0.39, 0.29) is 30.3 Å². The fourth-order valence-corrected chi connectivity index (χ4v) is 2.74. The second-order valence-electron chi connectivity index (χ2n) is 5.50.